The molecule has 0 bridgehead atoms. The van der Waals surface area contributed by atoms with Crippen molar-refractivity contribution in [3.8, 4) is 11.8 Å². The summed E-state index contributed by atoms with van der Waals surface area (Å²) in [6.45, 7) is 0.515. The minimum atomic E-state index is -5.03. The molecular formula is C23H21F4N3O4. The zero-order valence-corrected chi connectivity index (χ0v) is 18.1. The van der Waals surface area contributed by atoms with Gasteiger partial charge >= 0.3 is 12.1 Å². The van der Waals surface area contributed by atoms with Gasteiger partial charge in [0.15, 0.2) is 17.9 Å². The summed E-state index contributed by atoms with van der Waals surface area (Å²) in [5, 5.41) is 9.04. The summed E-state index contributed by atoms with van der Waals surface area (Å²) in [6.07, 6.45) is -4.88. The number of benzene rings is 2. The number of nitrogens with zero attached hydrogens (tertiary/aromatic N) is 3. The van der Waals surface area contributed by atoms with Gasteiger partial charge in [0.1, 0.15) is 0 Å². The van der Waals surface area contributed by atoms with E-state index in [1.54, 1.807) is 30.3 Å². The Labute approximate surface area is 193 Å². The van der Waals surface area contributed by atoms with E-state index in [2.05, 4.69) is 4.99 Å². The molecule has 2 aromatic rings. The summed E-state index contributed by atoms with van der Waals surface area (Å²) in [5.41, 5.74) is 1.84. The molecule has 3 rings (SSSR count). The topological polar surface area (TPSA) is 84.2 Å². The van der Waals surface area contributed by atoms with E-state index in [0.717, 1.165) is 11.9 Å². The Balaban J connectivity index is 1.68. The molecule has 34 heavy (non-hydrogen) atoms. The highest BCUT2D eigenvalue weighted by Crippen LogP contribution is 2.24. The van der Waals surface area contributed by atoms with Crippen molar-refractivity contribution in [2.45, 2.75) is 19.0 Å². The average molecular weight is 479 g/mol. The number of nitriles is 1. The predicted molar refractivity (Wildman–Crippen MR) is 114 cm³/mol. The number of amides is 1. The van der Waals surface area contributed by atoms with Gasteiger partial charge in [-0.2, -0.15) is 18.4 Å². The number of carbonyl (C=O) groups excluding carboxylic acids is 1. The van der Waals surface area contributed by atoms with E-state index in [9.17, 15) is 22.4 Å². The van der Waals surface area contributed by atoms with Crippen LogP contribution in [0.4, 0.5) is 23.2 Å². The number of rotatable bonds is 7. The van der Waals surface area contributed by atoms with Gasteiger partial charge in [0.25, 0.3) is 0 Å². The molecule has 1 aliphatic rings. The Bertz CT molecular complexity index is 1060. The average Bonchev–Trinajstić information content (AvgIpc) is 2.82. The number of hydrogen-bond donors (Lipinski definition) is 0. The van der Waals surface area contributed by atoms with E-state index >= 15 is 0 Å². The van der Waals surface area contributed by atoms with Crippen LogP contribution in [0.2, 0.25) is 0 Å². The second-order valence-electron chi connectivity index (χ2n) is 7.45. The van der Waals surface area contributed by atoms with Crippen molar-refractivity contribution in [3.63, 3.8) is 0 Å². The van der Waals surface area contributed by atoms with Gasteiger partial charge in [-0.05, 0) is 42.0 Å². The summed E-state index contributed by atoms with van der Waals surface area (Å²) in [4.78, 5) is 15.7. The molecule has 0 atom stereocenters. The molecule has 0 unspecified atom stereocenters. The maximum Gasteiger partial charge on any atom is 0.473 e. The zero-order valence-electron chi connectivity index (χ0n) is 18.1. The Morgan fingerprint density at radius 2 is 1.91 bits per heavy atom. The third-order valence-corrected chi connectivity index (χ3v) is 4.96. The van der Waals surface area contributed by atoms with Gasteiger partial charge in [-0.15, -0.1) is 0 Å². The molecule has 1 aliphatic heterocycles. The normalized spacial score (nSPS) is 18.5. The molecular weight excluding hydrogens is 458 g/mol. The highest BCUT2D eigenvalue weighted by atomic mass is 19.4. The molecule has 7 nitrogen and oxygen atoms in total. The number of hydrogen-bond acceptors (Lipinski definition) is 6. The van der Waals surface area contributed by atoms with Crippen molar-refractivity contribution in [1.29, 1.82) is 5.26 Å². The lowest BCUT2D eigenvalue weighted by Crippen LogP contribution is -2.41. The smallest absolute Gasteiger partial charge is 0.473 e. The van der Waals surface area contributed by atoms with Crippen LogP contribution in [-0.4, -0.2) is 51.5 Å². The Kier molecular flexibility index (Phi) is 8.20. The minimum absolute atomic E-state index is 0.0116. The first-order valence-electron chi connectivity index (χ1n) is 10.2. The number of ether oxygens (including phenoxy) is 3. The number of methoxy groups -OCH3 is 1. The van der Waals surface area contributed by atoms with Crippen molar-refractivity contribution in [2.75, 3.05) is 31.8 Å². The van der Waals surface area contributed by atoms with E-state index in [1.807, 2.05) is 11.0 Å². The minimum Gasteiger partial charge on any atom is -0.494 e. The fourth-order valence-corrected chi connectivity index (χ4v) is 3.21. The lowest BCUT2D eigenvalue weighted by molar-refractivity contribution is -0.183. The van der Waals surface area contributed by atoms with Crippen LogP contribution in [-0.2, 0) is 20.8 Å². The number of carbonyl (C=O) groups is 1. The van der Waals surface area contributed by atoms with Gasteiger partial charge < -0.3 is 19.1 Å². The fraction of sp³-hybridized carbons (Fsp3) is 0.348. The van der Waals surface area contributed by atoms with Crippen LogP contribution in [0.1, 0.15) is 11.1 Å². The molecule has 0 aliphatic carbocycles. The van der Waals surface area contributed by atoms with Gasteiger partial charge in [0.2, 0.25) is 0 Å². The van der Waals surface area contributed by atoms with Crippen LogP contribution >= 0.6 is 0 Å². The Morgan fingerprint density at radius 1 is 1.24 bits per heavy atom. The molecule has 1 saturated heterocycles. The predicted octanol–water partition coefficient (Wildman–Crippen LogP) is 3.86. The van der Waals surface area contributed by atoms with Gasteiger partial charge in [0.05, 0.1) is 38.5 Å². The summed E-state index contributed by atoms with van der Waals surface area (Å²) >= 11 is 0. The van der Waals surface area contributed by atoms with Crippen LogP contribution in [0, 0.1) is 23.1 Å². The first kappa shape index (κ1) is 25.1. The molecule has 2 aromatic carbocycles. The number of aliphatic imine (C=N–C) groups is 1. The van der Waals surface area contributed by atoms with E-state index in [-0.39, 0.29) is 32.1 Å². The largest absolute Gasteiger partial charge is 0.494 e. The Hall–Kier alpha value is -3.49. The van der Waals surface area contributed by atoms with E-state index in [0.29, 0.717) is 11.1 Å². The third-order valence-electron chi connectivity index (χ3n) is 4.96. The van der Waals surface area contributed by atoms with Crippen LogP contribution in [0.5, 0.6) is 5.75 Å². The van der Waals surface area contributed by atoms with E-state index in [4.69, 9.17) is 19.5 Å². The second-order valence-corrected chi connectivity index (χ2v) is 7.45. The molecule has 1 fully saturated rings. The first-order chi connectivity index (χ1) is 16.2. The highest BCUT2D eigenvalue weighted by molar-refractivity contribution is 5.89. The lowest BCUT2D eigenvalue weighted by atomic mass is 10.1. The molecule has 0 aromatic heterocycles. The quantitative estimate of drug-likeness (QED) is 0.443. The maximum atomic E-state index is 14.2. The molecule has 0 saturated carbocycles. The molecule has 0 radical (unpaired) electrons. The summed E-state index contributed by atoms with van der Waals surface area (Å²) in [5.74, 6) is -3.19. The van der Waals surface area contributed by atoms with Crippen LogP contribution < -0.4 is 9.64 Å². The van der Waals surface area contributed by atoms with Crippen molar-refractivity contribution in [3.05, 3.63) is 59.4 Å². The summed E-state index contributed by atoms with van der Waals surface area (Å²) in [7, 11) is 1.37. The van der Waals surface area contributed by atoms with E-state index < -0.39 is 30.1 Å². The molecule has 1 heterocycles. The zero-order chi connectivity index (χ0) is 24.7. The molecule has 11 heteroatoms. The monoisotopic (exact) mass is 479 g/mol. The first-order valence-corrected chi connectivity index (χ1v) is 10.2. The Morgan fingerprint density at radius 3 is 2.47 bits per heavy atom. The van der Waals surface area contributed by atoms with E-state index in [1.165, 1.54) is 19.2 Å². The third kappa shape index (κ3) is 6.76. The molecule has 0 N–H and O–H groups in total. The lowest BCUT2D eigenvalue weighted by Gasteiger charge is -2.33. The van der Waals surface area contributed by atoms with Gasteiger partial charge in [-0.25, -0.2) is 9.38 Å². The summed E-state index contributed by atoms with van der Waals surface area (Å²) < 4.78 is 67.2. The van der Waals surface area contributed by atoms with Crippen LogP contribution in [0.15, 0.2) is 47.5 Å². The van der Waals surface area contributed by atoms with Crippen LogP contribution in [0.3, 0.4) is 0 Å². The standard InChI is InChI=1S/C23H21F4N3O4/c1-32-20-7-4-16(8-19(20)24)11-30(18-5-2-15(9-28)3-6-18)12-21-33-13-17(14-34-21)10-29-22(31)23(25,26)27/h2-8,10,17,21H,11-14H2,1H3. The number of anilines is 1. The molecule has 1 amide bonds. The van der Waals surface area contributed by atoms with Crippen molar-refractivity contribution >= 4 is 17.8 Å². The van der Waals surface area contributed by atoms with Crippen molar-refractivity contribution in [2.24, 2.45) is 10.9 Å². The second kappa shape index (κ2) is 11.1. The fourth-order valence-electron chi connectivity index (χ4n) is 3.21. The maximum absolute atomic E-state index is 14.2. The highest BCUT2D eigenvalue weighted by Gasteiger charge is 2.38. The summed E-state index contributed by atoms with van der Waals surface area (Å²) in [6, 6.07) is 13.4. The van der Waals surface area contributed by atoms with Gasteiger partial charge in [-0.3, -0.25) is 4.79 Å². The van der Waals surface area contributed by atoms with Crippen molar-refractivity contribution < 1.29 is 36.6 Å². The van der Waals surface area contributed by atoms with Crippen molar-refractivity contribution in [1.82, 2.24) is 0 Å². The number of alkyl halides is 3. The SMILES string of the molecule is COc1ccc(CN(CC2OCC(C=NC(=O)C(F)(F)F)CO2)c2ccc(C#N)cc2)cc1F. The van der Waals surface area contributed by atoms with Crippen LogP contribution in [0.25, 0.3) is 0 Å². The van der Waals surface area contributed by atoms with Gasteiger partial charge in [0, 0.05) is 24.4 Å². The van der Waals surface area contributed by atoms with Gasteiger partial charge in [-0.1, -0.05) is 6.07 Å². The molecule has 0 spiro atoms. The number of halogens is 4. The molecule has 180 valence electrons.